The molecule has 1 aliphatic heterocycles. The molecule has 4 atom stereocenters. The van der Waals surface area contributed by atoms with Gasteiger partial charge in [0.2, 0.25) is 0 Å². The Labute approximate surface area is 191 Å². The molecule has 0 aromatic carbocycles. The number of carbonyl (C=O) groups excluding carboxylic acids is 2. The van der Waals surface area contributed by atoms with Crippen molar-refractivity contribution in [2.24, 2.45) is 17.3 Å². The Hall–Kier alpha value is -1.14. The minimum Gasteiger partial charge on any atom is -0.444 e. The maximum absolute atomic E-state index is 13.9. The van der Waals surface area contributed by atoms with Crippen LogP contribution in [-0.2, 0) is 14.0 Å². The highest BCUT2D eigenvalue weighted by atomic mass is 28.4. The van der Waals surface area contributed by atoms with E-state index in [0.717, 1.165) is 32.1 Å². The zero-order chi connectivity index (χ0) is 23.4. The van der Waals surface area contributed by atoms with Gasteiger partial charge in [0.1, 0.15) is 11.4 Å². The van der Waals surface area contributed by atoms with Crippen LogP contribution in [0, 0.1) is 17.3 Å². The molecule has 5 nitrogen and oxygen atoms in total. The molecule has 1 spiro atoms. The van der Waals surface area contributed by atoms with Crippen LogP contribution in [0.1, 0.15) is 72.6 Å². The van der Waals surface area contributed by atoms with Gasteiger partial charge in [0.25, 0.3) is 0 Å². The summed E-state index contributed by atoms with van der Waals surface area (Å²) in [6.07, 6.45) is 7.23. The number of hydrogen-bond donors (Lipinski definition) is 0. The lowest BCUT2D eigenvalue weighted by molar-refractivity contribution is -0.148. The average Bonchev–Trinajstić information content (AvgIpc) is 2.67. The molecule has 6 heteroatoms. The molecule has 31 heavy (non-hydrogen) atoms. The van der Waals surface area contributed by atoms with Crippen molar-refractivity contribution in [2.75, 3.05) is 13.1 Å². The largest absolute Gasteiger partial charge is 0.444 e. The second kappa shape index (κ2) is 10.2. The van der Waals surface area contributed by atoms with E-state index in [1.807, 2.05) is 26.8 Å². The molecule has 2 rings (SSSR count). The molecule has 0 unspecified atom stereocenters. The summed E-state index contributed by atoms with van der Waals surface area (Å²) in [5.41, 5.74) is -0.984. The number of nitrogens with zero attached hydrogens (tertiary/aromatic N) is 1. The molecular weight excluding hydrogens is 406 g/mol. The Kier molecular flexibility index (Phi) is 8.59. The van der Waals surface area contributed by atoms with E-state index in [-0.39, 0.29) is 18.1 Å². The normalized spacial score (nSPS) is 31.0. The predicted molar refractivity (Wildman–Crippen MR) is 129 cm³/mol. The van der Waals surface area contributed by atoms with Gasteiger partial charge in [-0.1, -0.05) is 13.0 Å². The lowest BCUT2D eigenvalue weighted by Crippen LogP contribution is -2.56. The van der Waals surface area contributed by atoms with Gasteiger partial charge in [0.15, 0.2) is 8.32 Å². The minimum atomic E-state index is -1.83. The molecule has 178 valence electrons. The van der Waals surface area contributed by atoms with Crippen LogP contribution in [0.3, 0.4) is 0 Å². The molecule has 0 aromatic rings. The number of ether oxygens (including phenoxy) is 1. The Morgan fingerprint density at radius 2 is 1.87 bits per heavy atom. The van der Waals surface area contributed by atoms with E-state index in [1.165, 1.54) is 0 Å². The highest BCUT2D eigenvalue weighted by Crippen LogP contribution is 2.52. The van der Waals surface area contributed by atoms with Crippen LogP contribution in [0.25, 0.3) is 0 Å². The van der Waals surface area contributed by atoms with E-state index < -0.39 is 19.3 Å². The van der Waals surface area contributed by atoms with Crippen molar-refractivity contribution in [1.29, 1.82) is 0 Å². The predicted octanol–water partition coefficient (Wildman–Crippen LogP) is 6.20. The lowest BCUT2D eigenvalue weighted by Gasteiger charge is -2.52. The van der Waals surface area contributed by atoms with E-state index in [1.54, 1.807) is 4.90 Å². The molecule has 0 bridgehead atoms. The average molecular weight is 452 g/mol. The second-order valence-corrected chi connectivity index (χ2v) is 16.1. The van der Waals surface area contributed by atoms with E-state index in [2.05, 4.69) is 33.1 Å². The van der Waals surface area contributed by atoms with Crippen molar-refractivity contribution >= 4 is 20.2 Å². The van der Waals surface area contributed by atoms with Crippen LogP contribution in [-0.4, -0.2) is 49.9 Å². The Balaban J connectivity index is 2.33. The maximum atomic E-state index is 13.9. The fourth-order valence-corrected chi connectivity index (χ4v) is 6.64. The van der Waals surface area contributed by atoms with E-state index in [4.69, 9.17) is 9.16 Å². The Bertz CT molecular complexity index is 651. The van der Waals surface area contributed by atoms with Crippen LogP contribution in [0.2, 0.25) is 19.6 Å². The van der Waals surface area contributed by atoms with Crippen molar-refractivity contribution in [2.45, 2.75) is 104 Å². The van der Waals surface area contributed by atoms with Crippen molar-refractivity contribution in [3.8, 4) is 0 Å². The lowest BCUT2D eigenvalue weighted by atomic mass is 9.56. The van der Waals surface area contributed by atoms with Gasteiger partial charge in [-0.2, -0.15) is 0 Å². The Morgan fingerprint density at radius 1 is 1.23 bits per heavy atom. The van der Waals surface area contributed by atoms with Gasteiger partial charge in [-0.15, -0.1) is 6.58 Å². The summed E-state index contributed by atoms with van der Waals surface area (Å²) < 4.78 is 12.4. The zero-order valence-corrected chi connectivity index (χ0v) is 22.0. The van der Waals surface area contributed by atoms with Gasteiger partial charge < -0.3 is 14.1 Å². The molecule has 1 saturated heterocycles. The van der Waals surface area contributed by atoms with Crippen LogP contribution in [0.4, 0.5) is 4.79 Å². The minimum absolute atomic E-state index is 0.0338. The van der Waals surface area contributed by atoms with Gasteiger partial charge in [-0.25, -0.2) is 4.79 Å². The number of Topliss-reactive ketones (excluding diaryl/α,β-unsaturated/α-hetero) is 1. The fourth-order valence-electron chi connectivity index (χ4n) is 5.48. The fraction of sp³-hybridized carbons (Fsp3) is 0.840. The number of amides is 1. The summed E-state index contributed by atoms with van der Waals surface area (Å²) in [7, 11) is -1.83. The summed E-state index contributed by atoms with van der Waals surface area (Å²) in [5.74, 6) is 1.13. The number of hydrogen-bond acceptors (Lipinski definition) is 4. The maximum Gasteiger partial charge on any atom is 0.410 e. The van der Waals surface area contributed by atoms with Crippen LogP contribution in [0.5, 0.6) is 0 Å². The quantitative estimate of drug-likeness (QED) is 0.377. The number of ketones is 1. The second-order valence-electron chi connectivity index (χ2n) is 11.7. The topological polar surface area (TPSA) is 55.8 Å². The van der Waals surface area contributed by atoms with Gasteiger partial charge in [0.05, 0.1) is 11.5 Å². The SMILES string of the molecule is C=CC[C@@H]1C[C@@H](C)C[C@@H](O[Si](C)(C)C)[C@@]12CCCN(C(=O)OC(C)(C)C)CCCC2=O. The summed E-state index contributed by atoms with van der Waals surface area (Å²) in [5, 5.41) is 0. The molecule has 1 heterocycles. The standard InChI is InChI=1S/C25H45NO4Si/c1-9-12-20-17-19(2)18-22(30-31(6,7)8)25(20)14-11-16-26(15-10-13-21(25)27)23(28)29-24(3,4)5/h9,19-20,22H,1,10-18H2,2-8H3/t19-,20-,22-,25+/m1/s1. The third-order valence-corrected chi connectivity index (χ3v) is 7.57. The molecular formula is C25H45NO4Si. The molecule has 1 amide bonds. The number of allylic oxidation sites excluding steroid dienone is 1. The summed E-state index contributed by atoms with van der Waals surface area (Å²) in [6.45, 7) is 19.8. The van der Waals surface area contributed by atoms with Crippen molar-refractivity contribution in [3.63, 3.8) is 0 Å². The first-order valence-corrected chi connectivity index (χ1v) is 15.5. The highest BCUT2D eigenvalue weighted by molar-refractivity contribution is 6.69. The molecule has 0 radical (unpaired) electrons. The van der Waals surface area contributed by atoms with Crippen LogP contribution >= 0.6 is 0 Å². The first-order chi connectivity index (χ1) is 14.3. The molecule has 2 fully saturated rings. The molecule has 1 saturated carbocycles. The summed E-state index contributed by atoms with van der Waals surface area (Å²) >= 11 is 0. The molecule has 0 aromatic heterocycles. The van der Waals surface area contributed by atoms with Crippen LogP contribution in [0.15, 0.2) is 12.7 Å². The monoisotopic (exact) mass is 451 g/mol. The van der Waals surface area contributed by atoms with E-state index in [9.17, 15) is 9.59 Å². The number of carbonyl (C=O) groups is 2. The van der Waals surface area contributed by atoms with Crippen LogP contribution < -0.4 is 0 Å². The Morgan fingerprint density at radius 3 is 2.45 bits per heavy atom. The van der Waals surface area contributed by atoms with Crippen molar-refractivity contribution in [1.82, 2.24) is 4.90 Å². The highest BCUT2D eigenvalue weighted by Gasteiger charge is 2.54. The van der Waals surface area contributed by atoms with Gasteiger partial charge in [-0.05, 0) is 90.8 Å². The van der Waals surface area contributed by atoms with Gasteiger partial charge in [-0.3, -0.25) is 4.79 Å². The van der Waals surface area contributed by atoms with E-state index >= 15 is 0 Å². The zero-order valence-electron chi connectivity index (χ0n) is 21.0. The van der Waals surface area contributed by atoms with E-state index in [0.29, 0.717) is 37.6 Å². The first-order valence-electron chi connectivity index (χ1n) is 12.1. The smallest absolute Gasteiger partial charge is 0.410 e. The van der Waals surface area contributed by atoms with Gasteiger partial charge >= 0.3 is 6.09 Å². The van der Waals surface area contributed by atoms with Gasteiger partial charge in [0, 0.05) is 19.5 Å². The first kappa shape index (κ1) is 26.1. The third kappa shape index (κ3) is 6.92. The van der Waals surface area contributed by atoms with Crippen molar-refractivity contribution in [3.05, 3.63) is 12.7 Å². The summed E-state index contributed by atoms with van der Waals surface area (Å²) in [6, 6.07) is 0. The number of rotatable bonds is 4. The van der Waals surface area contributed by atoms with Crippen molar-refractivity contribution < 1.29 is 18.8 Å². The molecule has 1 aliphatic carbocycles. The summed E-state index contributed by atoms with van der Waals surface area (Å²) in [4.78, 5) is 28.3. The molecule has 0 N–H and O–H groups in total. The third-order valence-electron chi connectivity index (χ3n) is 6.57. The molecule has 2 aliphatic rings.